The lowest BCUT2D eigenvalue weighted by atomic mass is 10.2. The molecule has 0 heterocycles. The molecule has 2 rings (SSSR count). The van der Waals surface area contributed by atoms with Crippen molar-refractivity contribution < 1.29 is 0 Å². The molecule has 0 bridgehead atoms. The molecule has 0 aromatic carbocycles. The van der Waals surface area contributed by atoms with Gasteiger partial charge in [-0.1, -0.05) is 12.8 Å². The quantitative estimate of drug-likeness (QED) is 0.570. The van der Waals surface area contributed by atoms with Crippen molar-refractivity contribution in [2.75, 3.05) is 20.1 Å². The van der Waals surface area contributed by atoms with Crippen molar-refractivity contribution in [2.45, 2.75) is 70.5 Å². The predicted octanol–water partition coefficient (Wildman–Crippen LogP) is 1.97. The van der Waals surface area contributed by atoms with Crippen LogP contribution < -0.4 is 10.6 Å². The Hall–Kier alpha value is -0.770. The van der Waals surface area contributed by atoms with E-state index in [9.17, 15) is 0 Å². The second kappa shape index (κ2) is 7.13. The second-order valence-corrected chi connectivity index (χ2v) is 6.19. The number of guanidine groups is 1. The van der Waals surface area contributed by atoms with E-state index < -0.39 is 0 Å². The summed E-state index contributed by atoms with van der Waals surface area (Å²) in [6, 6.07) is 2.13. The molecule has 19 heavy (non-hydrogen) atoms. The number of hydrogen-bond donors (Lipinski definition) is 2. The Labute approximate surface area is 118 Å². The molecule has 4 nitrogen and oxygen atoms in total. The number of nitrogens with zero attached hydrogens (tertiary/aromatic N) is 2. The van der Waals surface area contributed by atoms with Crippen LogP contribution in [-0.4, -0.2) is 49.1 Å². The summed E-state index contributed by atoms with van der Waals surface area (Å²) >= 11 is 0. The standard InChI is InChI=1S/C15H30N4/c1-12(2)19(14-8-9-14)11-10-17-15(16-3)18-13-6-4-5-7-13/h12-14H,4-11H2,1-3H3,(H2,16,17,18). The highest BCUT2D eigenvalue weighted by Crippen LogP contribution is 2.27. The Balaban J connectivity index is 1.67. The summed E-state index contributed by atoms with van der Waals surface area (Å²) in [4.78, 5) is 6.94. The Morgan fingerprint density at radius 2 is 1.89 bits per heavy atom. The average Bonchev–Trinajstić information content (AvgIpc) is 3.09. The van der Waals surface area contributed by atoms with Gasteiger partial charge in [-0.25, -0.2) is 0 Å². The fourth-order valence-electron chi connectivity index (χ4n) is 3.03. The molecule has 0 saturated heterocycles. The lowest BCUT2D eigenvalue weighted by Gasteiger charge is -2.27. The van der Waals surface area contributed by atoms with Crippen molar-refractivity contribution in [1.29, 1.82) is 0 Å². The molecule has 0 aromatic heterocycles. The smallest absolute Gasteiger partial charge is 0.191 e. The minimum Gasteiger partial charge on any atom is -0.355 e. The Morgan fingerprint density at radius 1 is 1.21 bits per heavy atom. The van der Waals surface area contributed by atoms with Gasteiger partial charge in [0.15, 0.2) is 5.96 Å². The SMILES string of the molecule is CN=C(NCCN(C(C)C)C1CC1)NC1CCCC1. The summed E-state index contributed by atoms with van der Waals surface area (Å²) < 4.78 is 0. The third kappa shape index (κ3) is 4.68. The van der Waals surface area contributed by atoms with Gasteiger partial charge in [0.25, 0.3) is 0 Å². The van der Waals surface area contributed by atoms with Gasteiger partial charge in [0, 0.05) is 38.3 Å². The number of nitrogens with one attached hydrogen (secondary N) is 2. The van der Waals surface area contributed by atoms with Crippen molar-refractivity contribution in [3.05, 3.63) is 0 Å². The van der Waals surface area contributed by atoms with Crippen LogP contribution in [0.25, 0.3) is 0 Å². The molecule has 2 aliphatic rings. The molecule has 0 atom stereocenters. The summed E-state index contributed by atoms with van der Waals surface area (Å²) in [5, 5.41) is 7.00. The first-order chi connectivity index (χ1) is 9.20. The Kier molecular flexibility index (Phi) is 5.49. The average molecular weight is 266 g/mol. The highest BCUT2D eigenvalue weighted by Gasteiger charge is 2.30. The van der Waals surface area contributed by atoms with Gasteiger partial charge in [-0.3, -0.25) is 9.89 Å². The van der Waals surface area contributed by atoms with Crippen molar-refractivity contribution in [2.24, 2.45) is 4.99 Å². The summed E-state index contributed by atoms with van der Waals surface area (Å²) in [6.07, 6.45) is 8.07. The topological polar surface area (TPSA) is 39.7 Å². The molecular formula is C15H30N4. The zero-order valence-corrected chi connectivity index (χ0v) is 12.8. The third-order valence-corrected chi connectivity index (χ3v) is 4.26. The molecule has 2 saturated carbocycles. The maximum absolute atomic E-state index is 4.33. The van der Waals surface area contributed by atoms with E-state index in [0.29, 0.717) is 12.1 Å². The van der Waals surface area contributed by atoms with Crippen LogP contribution in [0.3, 0.4) is 0 Å². The van der Waals surface area contributed by atoms with Crippen LogP contribution in [0, 0.1) is 0 Å². The first-order valence-corrected chi connectivity index (χ1v) is 7.93. The molecule has 0 radical (unpaired) electrons. The normalized spacial score (nSPS) is 21.4. The van der Waals surface area contributed by atoms with Gasteiger partial charge >= 0.3 is 0 Å². The highest BCUT2D eigenvalue weighted by atomic mass is 15.2. The minimum atomic E-state index is 0.635. The third-order valence-electron chi connectivity index (χ3n) is 4.26. The van der Waals surface area contributed by atoms with E-state index in [1.165, 1.54) is 38.5 Å². The molecule has 4 heteroatoms. The molecule has 2 N–H and O–H groups in total. The maximum atomic E-state index is 4.33. The number of rotatable bonds is 6. The van der Waals surface area contributed by atoms with Crippen molar-refractivity contribution in [1.82, 2.24) is 15.5 Å². The van der Waals surface area contributed by atoms with Crippen LogP contribution in [0.1, 0.15) is 52.4 Å². The van der Waals surface area contributed by atoms with Crippen LogP contribution in [0.4, 0.5) is 0 Å². The largest absolute Gasteiger partial charge is 0.355 e. The fourth-order valence-corrected chi connectivity index (χ4v) is 3.03. The zero-order chi connectivity index (χ0) is 13.7. The zero-order valence-electron chi connectivity index (χ0n) is 12.8. The fraction of sp³-hybridized carbons (Fsp3) is 0.933. The Bertz CT molecular complexity index is 289. The maximum Gasteiger partial charge on any atom is 0.191 e. The lowest BCUT2D eigenvalue weighted by Crippen LogP contribution is -2.46. The molecule has 0 spiro atoms. The predicted molar refractivity (Wildman–Crippen MR) is 81.6 cm³/mol. The molecule has 0 aliphatic heterocycles. The van der Waals surface area contributed by atoms with E-state index in [-0.39, 0.29) is 0 Å². The molecule has 2 fully saturated rings. The molecular weight excluding hydrogens is 236 g/mol. The van der Waals surface area contributed by atoms with Gasteiger partial charge in [-0.05, 0) is 39.5 Å². The first kappa shape index (κ1) is 14.6. The summed E-state index contributed by atoms with van der Waals surface area (Å²) in [5.74, 6) is 0.978. The van der Waals surface area contributed by atoms with Crippen LogP contribution in [0.2, 0.25) is 0 Å². The van der Waals surface area contributed by atoms with Crippen LogP contribution in [0.5, 0.6) is 0 Å². The summed E-state index contributed by atoms with van der Waals surface area (Å²) in [5.41, 5.74) is 0. The van der Waals surface area contributed by atoms with E-state index in [4.69, 9.17) is 0 Å². The number of aliphatic imine (C=N–C) groups is 1. The van der Waals surface area contributed by atoms with Gasteiger partial charge < -0.3 is 10.6 Å². The first-order valence-electron chi connectivity index (χ1n) is 7.93. The summed E-state index contributed by atoms with van der Waals surface area (Å²) in [6.45, 7) is 6.70. The second-order valence-electron chi connectivity index (χ2n) is 6.19. The van der Waals surface area contributed by atoms with Crippen molar-refractivity contribution >= 4 is 5.96 Å². The molecule has 0 aromatic rings. The van der Waals surface area contributed by atoms with Crippen LogP contribution in [-0.2, 0) is 0 Å². The molecule has 0 unspecified atom stereocenters. The van der Waals surface area contributed by atoms with E-state index in [0.717, 1.165) is 25.1 Å². The Morgan fingerprint density at radius 3 is 2.42 bits per heavy atom. The van der Waals surface area contributed by atoms with Crippen LogP contribution >= 0.6 is 0 Å². The summed E-state index contributed by atoms with van der Waals surface area (Å²) in [7, 11) is 1.87. The van der Waals surface area contributed by atoms with Gasteiger partial charge in [0.05, 0.1) is 0 Å². The van der Waals surface area contributed by atoms with Gasteiger partial charge in [0.1, 0.15) is 0 Å². The number of hydrogen-bond acceptors (Lipinski definition) is 2. The van der Waals surface area contributed by atoms with Gasteiger partial charge in [-0.15, -0.1) is 0 Å². The van der Waals surface area contributed by atoms with Gasteiger partial charge in [-0.2, -0.15) is 0 Å². The molecule has 0 amide bonds. The molecule has 2 aliphatic carbocycles. The monoisotopic (exact) mass is 266 g/mol. The van der Waals surface area contributed by atoms with E-state index >= 15 is 0 Å². The van der Waals surface area contributed by atoms with Crippen molar-refractivity contribution in [3.8, 4) is 0 Å². The van der Waals surface area contributed by atoms with E-state index in [1.54, 1.807) is 0 Å². The van der Waals surface area contributed by atoms with Crippen LogP contribution in [0.15, 0.2) is 4.99 Å². The van der Waals surface area contributed by atoms with Gasteiger partial charge in [0.2, 0.25) is 0 Å². The van der Waals surface area contributed by atoms with E-state index in [1.807, 2.05) is 7.05 Å². The highest BCUT2D eigenvalue weighted by molar-refractivity contribution is 5.79. The van der Waals surface area contributed by atoms with Crippen molar-refractivity contribution in [3.63, 3.8) is 0 Å². The molecule has 110 valence electrons. The van der Waals surface area contributed by atoms with E-state index in [2.05, 4.69) is 34.4 Å². The minimum absolute atomic E-state index is 0.635. The lowest BCUT2D eigenvalue weighted by molar-refractivity contribution is 0.215.